The van der Waals surface area contributed by atoms with E-state index in [0.717, 1.165) is 67.0 Å². The van der Waals surface area contributed by atoms with Crippen LogP contribution < -0.4 is 4.74 Å². The van der Waals surface area contributed by atoms with E-state index in [2.05, 4.69) is 65.6 Å². The van der Waals surface area contributed by atoms with Crippen molar-refractivity contribution in [2.24, 2.45) is 0 Å². The van der Waals surface area contributed by atoms with E-state index in [0.29, 0.717) is 0 Å². The molecule has 2 aromatic carbocycles. The minimum Gasteiger partial charge on any atom is -0.495 e. The summed E-state index contributed by atoms with van der Waals surface area (Å²) < 4.78 is 21.1. The Morgan fingerprint density at radius 3 is 2.21 bits per heavy atom. The second-order valence-corrected chi connectivity index (χ2v) is 9.30. The summed E-state index contributed by atoms with van der Waals surface area (Å²) in [6.07, 6.45) is 14.9. The Kier molecular flexibility index (Phi) is 21.3. The van der Waals surface area contributed by atoms with E-state index in [-0.39, 0.29) is 11.9 Å². The van der Waals surface area contributed by atoms with E-state index >= 15 is 0 Å². The van der Waals surface area contributed by atoms with Gasteiger partial charge in [0.2, 0.25) is 0 Å². The lowest BCUT2D eigenvalue weighted by molar-refractivity contribution is -0.0369. The molecule has 1 saturated heterocycles. The molecule has 0 N–H and O–H groups in total. The Hall–Kier alpha value is -3.40. The molecule has 1 aromatic heterocycles. The fourth-order valence-corrected chi connectivity index (χ4v) is 4.84. The smallest absolute Gasteiger partial charge is 0.143 e. The second-order valence-electron chi connectivity index (χ2n) is 9.30. The molecule has 0 bridgehead atoms. The van der Waals surface area contributed by atoms with Crippen molar-refractivity contribution in [3.05, 3.63) is 83.2 Å². The fraction of sp³-hybridized carbons (Fsp3) is 0.486. The SMILES string of the molecule is C#CC.CC.CC.CC.CCC(c1ccc(F)cc1)N(C)N1CCC/C(=C\c2ccc(-n3cnc(C)c3)c(OC)c2)CC1. The van der Waals surface area contributed by atoms with E-state index in [9.17, 15) is 4.39 Å². The molecule has 1 fully saturated rings. The monoisotopic (exact) mass is 592 g/mol. The van der Waals surface area contributed by atoms with E-state index in [1.165, 1.54) is 5.57 Å². The Balaban J connectivity index is 0.00000178. The van der Waals surface area contributed by atoms with Crippen LogP contribution in [0, 0.1) is 25.1 Å². The van der Waals surface area contributed by atoms with Crippen LogP contribution in [0.1, 0.15) is 104 Å². The maximum Gasteiger partial charge on any atom is 0.143 e. The van der Waals surface area contributed by atoms with E-state index in [4.69, 9.17) is 4.74 Å². The molecule has 6 heteroatoms. The Labute approximate surface area is 262 Å². The van der Waals surface area contributed by atoms with Crippen molar-refractivity contribution >= 4 is 6.08 Å². The second kappa shape index (κ2) is 23.1. The van der Waals surface area contributed by atoms with Gasteiger partial charge >= 0.3 is 0 Å². The van der Waals surface area contributed by atoms with Crippen LogP contribution in [0.3, 0.4) is 0 Å². The van der Waals surface area contributed by atoms with Crippen molar-refractivity contribution in [3.8, 4) is 23.8 Å². The minimum atomic E-state index is -0.185. The molecular formula is C37H57FN4O. The predicted octanol–water partition coefficient (Wildman–Crippen LogP) is 9.91. The first-order valence-corrected chi connectivity index (χ1v) is 15.9. The van der Waals surface area contributed by atoms with Gasteiger partial charge in [0.05, 0.1) is 24.8 Å². The number of terminal acetylenes is 1. The highest BCUT2D eigenvalue weighted by molar-refractivity contribution is 5.60. The molecule has 2 heterocycles. The third-order valence-corrected chi connectivity index (χ3v) is 6.71. The summed E-state index contributed by atoms with van der Waals surface area (Å²) in [7, 11) is 3.87. The molecule has 1 aliphatic rings. The predicted molar refractivity (Wildman–Crippen MR) is 184 cm³/mol. The number of methoxy groups -OCH3 is 1. The standard InChI is InChI=1S/C28H35FN4O.C3H4.3C2H6/c1-5-26(24-9-11-25(29)12-10-24)31(3)33-15-6-7-22(14-16-33)17-23-8-13-27(28(18-23)34-4)32-19-21(2)30-20-32;1-3-2;3*1-2/h8-13,17-20,26H,5-7,14-16H2,1-4H3;1H,2H3;3*1-2H3/b22-17+;;;;. The summed E-state index contributed by atoms with van der Waals surface area (Å²) in [5.41, 5.74) is 5.74. The van der Waals surface area contributed by atoms with Crippen molar-refractivity contribution < 1.29 is 9.13 Å². The summed E-state index contributed by atoms with van der Waals surface area (Å²) in [6, 6.07) is 13.5. The summed E-state index contributed by atoms with van der Waals surface area (Å²) in [4.78, 5) is 4.33. The summed E-state index contributed by atoms with van der Waals surface area (Å²) in [6.45, 7) is 19.8. The van der Waals surface area contributed by atoms with E-state index < -0.39 is 0 Å². The van der Waals surface area contributed by atoms with Crippen LogP contribution in [0.4, 0.5) is 4.39 Å². The number of rotatable bonds is 7. The minimum absolute atomic E-state index is 0.185. The van der Waals surface area contributed by atoms with Crippen molar-refractivity contribution in [2.75, 3.05) is 27.2 Å². The van der Waals surface area contributed by atoms with Gasteiger partial charge < -0.3 is 9.30 Å². The first-order valence-electron chi connectivity index (χ1n) is 15.9. The summed E-state index contributed by atoms with van der Waals surface area (Å²) in [5.74, 6) is 2.91. The molecule has 0 spiro atoms. The van der Waals surface area contributed by atoms with Gasteiger partial charge in [-0.1, -0.05) is 78.3 Å². The van der Waals surface area contributed by atoms with Crippen LogP contribution in [0.15, 0.2) is 60.6 Å². The van der Waals surface area contributed by atoms with Crippen molar-refractivity contribution in [2.45, 2.75) is 94.0 Å². The Bertz CT molecular complexity index is 1210. The van der Waals surface area contributed by atoms with Crippen LogP contribution in [-0.4, -0.2) is 46.8 Å². The quantitative estimate of drug-likeness (QED) is 0.256. The van der Waals surface area contributed by atoms with Gasteiger partial charge in [-0.05, 0) is 74.9 Å². The molecule has 0 aliphatic carbocycles. The highest BCUT2D eigenvalue weighted by Crippen LogP contribution is 2.29. The summed E-state index contributed by atoms with van der Waals surface area (Å²) >= 11 is 0. The van der Waals surface area contributed by atoms with Gasteiger partial charge in [-0.25, -0.2) is 19.4 Å². The number of aryl methyl sites for hydroxylation is 1. The maximum atomic E-state index is 13.4. The molecule has 5 nitrogen and oxygen atoms in total. The van der Waals surface area contributed by atoms with Crippen molar-refractivity contribution in [3.63, 3.8) is 0 Å². The number of imidazole rings is 1. The molecule has 4 rings (SSSR count). The molecule has 0 radical (unpaired) electrons. The zero-order valence-electron chi connectivity index (χ0n) is 28.7. The normalized spacial score (nSPS) is 14.2. The molecular weight excluding hydrogens is 535 g/mol. The zero-order chi connectivity index (χ0) is 32.8. The van der Waals surface area contributed by atoms with Gasteiger partial charge in [-0.3, -0.25) is 0 Å². The number of hydrazine groups is 1. The third-order valence-electron chi connectivity index (χ3n) is 6.71. The molecule has 43 heavy (non-hydrogen) atoms. The van der Waals surface area contributed by atoms with E-state index in [1.54, 1.807) is 26.2 Å². The maximum absolute atomic E-state index is 13.4. The van der Waals surface area contributed by atoms with Gasteiger partial charge in [0.25, 0.3) is 0 Å². The topological polar surface area (TPSA) is 33.5 Å². The zero-order valence-corrected chi connectivity index (χ0v) is 28.7. The number of hydrogen-bond donors (Lipinski definition) is 0. The molecule has 238 valence electrons. The Morgan fingerprint density at radius 1 is 1.05 bits per heavy atom. The molecule has 1 atom stereocenters. The average molecular weight is 593 g/mol. The highest BCUT2D eigenvalue weighted by Gasteiger charge is 2.23. The van der Waals surface area contributed by atoms with Crippen LogP contribution in [0.25, 0.3) is 11.8 Å². The highest BCUT2D eigenvalue weighted by atomic mass is 19.1. The van der Waals surface area contributed by atoms with Crippen LogP contribution in [0.5, 0.6) is 5.75 Å². The Morgan fingerprint density at radius 2 is 1.67 bits per heavy atom. The van der Waals surface area contributed by atoms with Crippen LogP contribution in [0.2, 0.25) is 0 Å². The largest absolute Gasteiger partial charge is 0.495 e. The molecule has 0 amide bonds. The first-order chi connectivity index (χ1) is 20.9. The average Bonchev–Trinajstić information content (AvgIpc) is 3.34. The third kappa shape index (κ3) is 12.8. The number of benzene rings is 2. The molecule has 3 aromatic rings. The van der Waals surface area contributed by atoms with Crippen LogP contribution >= 0.6 is 0 Å². The first kappa shape index (κ1) is 39.6. The van der Waals surface area contributed by atoms with Gasteiger partial charge in [-0.15, -0.1) is 12.3 Å². The summed E-state index contributed by atoms with van der Waals surface area (Å²) in [5, 5.41) is 4.80. The molecule has 0 saturated carbocycles. The van der Waals surface area contributed by atoms with Gasteiger partial charge in [0, 0.05) is 32.4 Å². The lowest BCUT2D eigenvalue weighted by atomic mass is 10.0. The van der Waals surface area contributed by atoms with Crippen LogP contribution in [-0.2, 0) is 0 Å². The number of aromatic nitrogens is 2. The van der Waals surface area contributed by atoms with E-state index in [1.807, 2.05) is 77.7 Å². The fourth-order valence-electron chi connectivity index (χ4n) is 4.84. The number of nitrogens with zero attached hydrogens (tertiary/aromatic N) is 4. The number of ether oxygens (including phenoxy) is 1. The number of hydrogen-bond acceptors (Lipinski definition) is 4. The number of halogens is 1. The van der Waals surface area contributed by atoms with Crippen molar-refractivity contribution in [1.82, 2.24) is 19.6 Å². The lowest BCUT2D eigenvalue weighted by Gasteiger charge is -2.37. The van der Waals surface area contributed by atoms with Gasteiger partial charge in [-0.2, -0.15) is 0 Å². The van der Waals surface area contributed by atoms with Crippen molar-refractivity contribution in [1.29, 1.82) is 0 Å². The van der Waals surface area contributed by atoms with Gasteiger partial charge in [0.1, 0.15) is 11.6 Å². The molecule has 1 unspecified atom stereocenters. The molecule has 1 aliphatic heterocycles. The van der Waals surface area contributed by atoms with Gasteiger partial charge in [0.15, 0.2) is 0 Å². The lowest BCUT2D eigenvalue weighted by Crippen LogP contribution is -2.42.